The van der Waals surface area contributed by atoms with Gasteiger partial charge >= 0.3 is 10.8 Å². The molecule has 0 atom stereocenters. The Morgan fingerprint density at radius 3 is 2.94 bits per heavy atom. The molecule has 1 heterocycles. The molecule has 6 heteroatoms. The molecular weight excluding hydrogens is 242 g/mol. The van der Waals surface area contributed by atoms with E-state index in [0.29, 0.717) is 5.75 Å². The van der Waals surface area contributed by atoms with Gasteiger partial charge in [0.15, 0.2) is 0 Å². The van der Waals surface area contributed by atoms with Crippen molar-refractivity contribution < 1.29 is 14.6 Å². The second-order valence-electron chi connectivity index (χ2n) is 3.50. The number of nitrogens with zero attached hydrogens (tertiary/aromatic N) is 1. The average Bonchev–Trinajstić information content (AvgIpc) is 2.61. The van der Waals surface area contributed by atoms with Crippen LogP contribution in [-0.4, -0.2) is 22.8 Å². The van der Waals surface area contributed by atoms with Crippen LogP contribution in [0, 0.1) is 0 Å². The maximum absolute atomic E-state index is 11.7. The number of aryl methyl sites for hydroxylation is 1. The predicted molar refractivity (Wildman–Crippen MR) is 64.9 cm³/mol. The lowest BCUT2D eigenvalue weighted by atomic mass is 10.3. The van der Waals surface area contributed by atoms with Crippen LogP contribution in [0.4, 0.5) is 0 Å². The standard InChI is InChI=1S/C11H11NO4S/c1-16-7-2-3-9-8(6-7)12(11(15)17-9)5-4-10(13)14/h2-3,6H,4-5H2,1H3,(H,13,14). The number of hydrogen-bond acceptors (Lipinski definition) is 4. The van der Waals surface area contributed by atoms with Gasteiger partial charge in [0.05, 0.1) is 23.7 Å². The highest BCUT2D eigenvalue weighted by Gasteiger charge is 2.09. The van der Waals surface area contributed by atoms with Gasteiger partial charge in [0.25, 0.3) is 0 Å². The summed E-state index contributed by atoms with van der Waals surface area (Å²) < 4.78 is 7.39. The van der Waals surface area contributed by atoms with Gasteiger partial charge in [-0.2, -0.15) is 0 Å². The smallest absolute Gasteiger partial charge is 0.308 e. The summed E-state index contributed by atoms with van der Waals surface area (Å²) in [6.45, 7) is 0.182. The minimum absolute atomic E-state index is 0.0665. The summed E-state index contributed by atoms with van der Waals surface area (Å²) in [7, 11) is 1.55. The minimum atomic E-state index is -0.917. The number of carboxylic acid groups (broad SMARTS) is 1. The highest BCUT2D eigenvalue weighted by atomic mass is 32.1. The second-order valence-corrected chi connectivity index (χ2v) is 4.49. The largest absolute Gasteiger partial charge is 0.497 e. The van der Waals surface area contributed by atoms with Gasteiger partial charge in [0.2, 0.25) is 0 Å². The fourth-order valence-electron chi connectivity index (χ4n) is 1.59. The van der Waals surface area contributed by atoms with E-state index in [1.54, 1.807) is 25.3 Å². The van der Waals surface area contributed by atoms with Crippen molar-refractivity contribution in [3.63, 3.8) is 0 Å². The molecule has 0 aliphatic rings. The maximum atomic E-state index is 11.7. The summed E-state index contributed by atoms with van der Waals surface area (Å²) in [4.78, 5) is 22.1. The summed E-state index contributed by atoms with van der Waals surface area (Å²) in [5, 5.41) is 8.64. The lowest BCUT2D eigenvalue weighted by Gasteiger charge is -2.03. The van der Waals surface area contributed by atoms with E-state index in [1.165, 1.54) is 4.57 Å². The second kappa shape index (κ2) is 4.58. The molecule has 0 aliphatic carbocycles. The van der Waals surface area contributed by atoms with Crippen LogP contribution in [-0.2, 0) is 11.3 Å². The normalized spacial score (nSPS) is 10.6. The number of methoxy groups -OCH3 is 1. The summed E-state index contributed by atoms with van der Waals surface area (Å²) in [6, 6.07) is 5.33. The molecule has 1 aromatic heterocycles. The first-order valence-electron chi connectivity index (χ1n) is 5.01. The van der Waals surface area contributed by atoms with Crippen LogP contribution < -0.4 is 9.61 Å². The topological polar surface area (TPSA) is 68.5 Å². The van der Waals surface area contributed by atoms with E-state index in [0.717, 1.165) is 21.6 Å². The van der Waals surface area contributed by atoms with E-state index in [4.69, 9.17) is 9.84 Å². The number of rotatable bonds is 4. The van der Waals surface area contributed by atoms with Crippen LogP contribution >= 0.6 is 11.3 Å². The van der Waals surface area contributed by atoms with Crippen LogP contribution in [0.5, 0.6) is 5.75 Å². The number of aromatic nitrogens is 1. The fraction of sp³-hybridized carbons (Fsp3) is 0.273. The van der Waals surface area contributed by atoms with E-state index in [2.05, 4.69) is 0 Å². The molecule has 0 aliphatic heterocycles. The molecule has 1 aromatic carbocycles. The van der Waals surface area contributed by atoms with Crippen LogP contribution in [0.3, 0.4) is 0 Å². The van der Waals surface area contributed by atoms with Crippen molar-refractivity contribution in [2.24, 2.45) is 0 Å². The number of fused-ring (bicyclic) bond motifs is 1. The maximum Gasteiger partial charge on any atom is 0.308 e. The third-order valence-corrected chi connectivity index (χ3v) is 3.38. The van der Waals surface area contributed by atoms with Gasteiger partial charge in [-0.1, -0.05) is 11.3 Å². The third kappa shape index (κ3) is 2.31. The SMILES string of the molecule is COc1ccc2sc(=O)n(CCC(=O)O)c2c1. The van der Waals surface area contributed by atoms with Crippen molar-refractivity contribution in [3.05, 3.63) is 27.9 Å². The fourth-order valence-corrected chi connectivity index (χ4v) is 2.49. The lowest BCUT2D eigenvalue weighted by molar-refractivity contribution is -0.137. The van der Waals surface area contributed by atoms with Crippen LogP contribution in [0.25, 0.3) is 10.2 Å². The molecule has 0 bridgehead atoms. The zero-order valence-corrected chi connectivity index (χ0v) is 9.99. The van der Waals surface area contributed by atoms with E-state index in [1.807, 2.05) is 0 Å². The van der Waals surface area contributed by atoms with Crippen LogP contribution in [0.2, 0.25) is 0 Å². The average molecular weight is 253 g/mol. The molecule has 0 saturated carbocycles. The molecule has 2 aromatic rings. The van der Waals surface area contributed by atoms with Gasteiger partial charge in [-0.3, -0.25) is 14.2 Å². The number of ether oxygens (including phenoxy) is 1. The number of aliphatic carboxylic acids is 1. The molecule has 90 valence electrons. The van der Waals surface area contributed by atoms with Crippen molar-refractivity contribution in [3.8, 4) is 5.75 Å². The molecule has 0 fully saturated rings. The van der Waals surface area contributed by atoms with Crippen molar-refractivity contribution in [1.82, 2.24) is 4.57 Å². The van der Waals surface area contributed by atoms with Gasteiger partial charge in [-0.15, -0.1) is 0 Å². The number of carbonyl (C=O) groups is 1. The Balaban J connectivity index is 2.48. The van der Waals surface area contributed by atoms with E-state index in [9.17, 15) is 9.59 Å². The summed E-state index contributed by atoms with van der Waals surface area (Å²) in [5.74, 6) is -0.265. The first-order valence-corrected chi connectivity index (χ1v) is 5.82. The highest BCUT2D eigenvalue weighted by molar-refractivity contribution is 7.16. The Morgan fingerprint density at radius 1 is 1.53 bits per heavy atom. The predicted octanol–water partition coefficient (Wildman–Crippen LogP) is 1.55. The van der Waals surface area contributed by atoms with Gasteiger partial charge in [0, 0.05) is 12.6 Å². The number of thiazole rings is 1. The molecule has 2 rings (SSSR count). The van der Waals surface area contributed by atoms with Gasteiger partial charge < -0.3 is 9.84 Å². The summed E-state index contributed by atoms with van der Waals surface area (Å²) in [6.07, 6.45) is -0.0665. The van der Waals surface area contributed by atoms with Gasteiger partial charge in [-0.05, 0) is 12.1 Å². The number of carboxylic acids is 1. The molecule has 1 N–H and O–H groups in total. The number of hydrogen-bond donors (Lipinski definition) is 1. The zero-order chi connectivity index (χ0) is 12.4. The van der Waals surface area contributed by atoms with Crippen LogP contribution in [0.15, 0.2) is 23.0 Å². The lowest BCUT2D eigenvalue weighted by Crippen LogP contribution is -2.15. The Morgan fingerprint density at radius 2 is 2.29 bits per heavy atom. The number of benzene rings is 1. The van der Waals surface area contributed by atoms with E-state index < -0.39 is 5.97 Å². The van der Waals surface area contributed by atoms with Crippen molar-refractivity contribution in [1.29, 1.82) is 0 Å². The van der Waals surface area contributed by atoms with Crippen molar-refractivity contribution in [2.45, 2.75) is 13.0 Å². The molecule has 17 heavy (non-hydrogen) atoms. The first-order chi connectivity index (χ1) is 8.11. The highest BCUT2D eigenvalue weighted by Crippen LogP contribution is 2.22. The zero-order valence-electron chi connectivity index (χ0n) is 9.17. The third-order valence-electron chi connectivity index (χ3n) is 2.42. The monoisotopic (exact) mass is 253 g/mol. The molecule has 0 spiro atoms. The molecule has 0 amide bonds. The van der Waals surface area contributed by atoms with Gasteiger partial charge in [0.1, 0.15) is 5.75 Å². The van der Waals surface area contributed by atoms with Crippen molar-refractivity contribution >= 4 is 27.5 Å². The van der Waals surface area contributed by atoms with Crippen molar-refractivity contribution in [2.75, 3.05) is 7.11 Å². The summed E-state index contributed by atoms with van der Waals surface area (Å²) in [5.41, 5.74) is 0.723. The Kier molecular flexibility index (Phi) is 3.14. The van der Waals surface area contributed by atoms with E-state index in [-0.39, 0.29) is 17.8 Å². The van der Waals surface area contributed by atoms with Crippen LogP contribution in [0.1, 0.15) is 6.42 Å². The molecule has 5 nitrogen and oxygen atoms in total. The molecule has 0 radical (unpaired) electrons. The minimum Gasteiger partial charge on any atom is -0.497 e. The van der Waals surface area contributed by atoms with Gasteiger partial charge in [-0.25, -0.2) is 0 Å². The summed E-state index contributed by atoms with van der Waals surface area (Å²) >= 11 is 1.11. The first kappa shape index (κ1) is 11.7. The van der Waals surface area contributed by atoms with E-state index >= 15 is 0 Å². The Hall–Kier alpha value is -1.82. The molecule has 0 unspecified atom stereocenters. The quantitative estimate of drug-likeness (QED) is 0.897. The Labute approximate surface area is 101 Å². The molecule has 0 saturated heterocycles. The molecular formula is C11H11NO4S. The Bertz CT molecular complexity index is 613.